The van der Waals surface area contributed by atoms with Gasteiger partial charge in [-0.1, -0.05) is 35.9 Å². The monoisotopic (exact) mass is 451 g/mol. The normalized spacial score (nSPS) is 12.1. The molecule has 0 aliphatic carbocycles. The first-order chi connectivity index (χ1) is 15.0. The number of aryl methyl sites for hydroxylation is 1. The van der Waals surface area contributed by atoms with E-state index < -0.39 is 0 Å². The van der Waals surface area contributed by atoms with Crippen LogP contribution in [0.5, 0.6) is 5.75 Å². The predicted octanol–water partition coefficient (Wildman–Crippen LogP) is 6.10. The fourth-order valence-electron chi connectivity index (χ4n) is 3.25. The number of nitrogens with zero attached hydrogens (tertiary/aromatic N) is 2. The van der Waals surface area contributed by atoms with Gasteiger partial charge in [-0.15, -0.1) is 11.3 Å². The molecule has 8 heteroatoms. The van der Waals surface area contributed by atoms with E-state index in [-0.39, 0.29) is 16.7 Å². The van der Waals surface area contributed by atoms with Crippen LogP contribution in [0, 0.1) is 17.0 Å². The van der Waals surface area contributed by atoms with E-state index in [0.717, 1.165) is 32.3 Å². The highest BCUT2D eigenvalue weighted by Crippen LogP contribution is 2.33. The van der Waals surface area contributed by atoms with Crippen molar-refractivity contribution in [2.24, 2.45) is 0 Å². The van der Waals surface area contributed by atoms with Crippen molar-refractivity contribution in [1.82, 2.24) is 9.71 Å². The molecule has 1 atom stereocenters. The number of nitro benzene ring substituents is 1. The number of fused-ring (bicyclic) bond motifs is 1. The molecule has 0 aliphatic heterocycles. The van der Waals surface area contributed by atoms with E-state index in [2.05, 4.69) is 35.9 Å². The third-order valence-corrected chi connectivity index (χ3v) is 6.80. The van der Waals surface area contributed by atoms with Gasteiger partial charge >= 0.3 is 0 Å². The molecule has 0 amide bonds. The summed E-state index contributed by atoms with van der Waals surface area (Å²) >= 11 is 3.01. The van der Waals surface area contributed by atoms with Gasteiger partial charge in [-0.3, -0.25) is 10.1 Å². The number of nitro groups is 1. The number of non-ortho nitro benzene ring substituents is 1. The minimum absolute atomic E-state index is 0.0607. The van der Waals surface area contributed by atoms with Gasteiger partial charge in [-0.2, -0.15) is 0 Å². The highest BCUT2D eigenvalue weighted by atomic mass is 32.2. The van der Waals surface area contributed by atoms with Gasteiger partial charge in [0.05, 0.1) is 28.3 Å². The van der Waals surface area contributed by atoms with Crippen LogP contribution in [-0.2, 0) is 6.42 Å². The first-order valence-corrected chi connectivity index (χ1v) is 11.3. The molecule has 1 heterocycles. The van der Waals surface area contributed by atoms with E-state index in [9.17, 15) is 10.1 Å². The third-order valence-electron chi connectivity index (χ3n) is 4.78. The molecule has 1 N–H and O–H groups in total. The molecule has 0 aliphatic rings. The lowest BCUT2D eigenvalue weighted by molar-refractivity contribution is -0.385. The van der Waals surface area contributed by atoms with Crippen molar-refractivity contribution in [2.45, 2.75) is 24.3 Å². The number of hydrogen-bond acceptors (Lipinski definition) is 7. The van der Waals surface area contributed by atoms with Crippen LogP contribution in [0.4, 0.5) is 5.69 Å². The predicted molar refractivity (Wildman–Crippen MR) is 126 cm³/mol. The Morgan fingerprint density at radius 3 is 2.77 bits per heavy atom. The molecule has 0 saturated carbocycles. The van der Waals surface area contributed by atoms with Crippen LogP contribution < -0.4 is 9.46 Å². The Morgan fingerprint density at radius 1 is 1.16 bits per heavy atom. The van der Waals surface area contributed by atoms with Crippen LogP contribution >= 0.6 is 23.3 Å². The van der Waals surface area contributed by atoms with Gasteiger partial charge in [0.1, 0.15) is 10.8 Å². The minimum Gasteiger partial charge on any atom is -0.497 e. The standard InChI is InChI=1S/C23H21N3O3S2/c1-15-5-3-6-16(11-15)12-21(25-31-19-8-4-7-17(13-19)26(27)28)23-24-20-10-9-18(29-2)14-22(20)30-23/h3-11,13-14,21,25H,12H2,1-2H3. The highest BCUT2D eigenvalue weighted by molar-refractivity contribution is 7.97. The zero-order valence-electron chi connectivity index (χ0n) is 17.1. The maximum atomic E-state index is 11.1. The Bertz CT molecular complexity index is 1230. The van der Waals surface area contributed by atoms with Crippen LogP contribution in [-0.4, -0.2) is 17.0 Å². The fourth-order valence-corrected chi connectivity index (χ4v) is 5.17. The van der Waals surface area contributed by atoms with E-state index in [1.54, 1.807) is 30.6 Å². The van der Waals surface area contributed by atoms with E-state index >= 15 is 0 Å². The van der Waals surface area contributed by atoms with Crippen molar-refractivity contribution >= 4 is 39.2 Å². The van der Waals surface area contributed by atoms with E-state index in [4.69, 9.17) is 9.72 Å². The molecule has 6 nitrogen and oxygen atoms in total. The zero-order chi connectivity index (χ0) is 21.8. The quantitative estimate of drug-likeness (QED) is 0.198. The van der Waals surface area contributed by atoms with Crippen molar-refractivity contribution in [3.05, 3.63) is 93.0 Å². The van der Waals surface area contributed by atoms with Crippen molar-refractivity contribution in [3.8, 4) is 5.75 Å². The molecular formula is C23H21N3O3S2. The van der Waals surface area contributed by atoms with Gasteiger partial charge in [0.2, 0.25) is 0 Å². The Labute approximate surface area is 188 Å². The van der Waals surface area contributed by atoms with Gasteiger partial charge in [0.15, 0.2) is 0 Å². The summed E-state index contributed by atoms with van der Waals surface area (Å²) in [6.07, 6.45) is 0.751. The summed E-state index contributed by atoms with van der Waals surface area (Å²) in [4.78, 5) is 16.3. The first kappa shape index (κ1) is 21.3. The van der Waals surface area contributed by atoms with Crippen LogP contribution in [0.3, 0.4) is 0 Å². The molecular weight excluding hydrogens is 430 g/mol. The molecule has 158 valence electrons. The SMILES string of the molecule is COc1ccc2nc(C(Cc3cccc(C)c3)NSc3cccc([N+](=O)[O-])c3)sc2c1. The zero-order valence-corrected chi connectivity index (χ0v) is 18.7. The van der Waals surface area contributed by atoms with Gasteiger partial charge in [-0.25, -0.2) is 9.71 Å². The summed E-state index contributed by atoms with van der Waals surface area (Å²) in [5.41, 5.74) is 3.41. The summed E-state index contributed by atoms with van der Waals surface area (Å²) in [6, 6.07) is 20.8. The Kier molecular flexibility index (Phi) is 6.50. The summed E-state index contributed by atoms with van der Waals surface area (Å²) < 4.78 is 9.89. The van der Waals surface area contributed by atoms with Crippen LogP contribution in [0.15, 0.2) is 71.6 Å². The van der Waals surface area contributed by atoms with Crippen molar-refractivity contribution < 1.29 is 9.66 Å². The van der Waals surface area contributed by atoms with E-state index in [1.165, 1.54) is 29.1 Å². The minimum atomic E-state index is -0.380. The van der Waals surface area contributed by atoms with Gasteiger partial charge in [-0.05, 0) is 55.1 Å². The lowest BCUT2D eigenvalue weighted by Gasteiger charge is -2.16. The Hall–Kier alpha value is -2.94. The number of thiazole rings is 1. The van der Waals surface area contributed by atoms with Gasteiger partial charge in [0, 0.05) is 17.0 Å². The summed E-state index contributed by atoms with van der Waals surface area (Å²) in [7, 11) is 1.65. The van der Waals surface area contributed by atoms with E-state index in [0.29, 0.717) is 0 Å². The summed E-state index contributed by atoms with van der Waals surface area (Å²) in [5.74, 6) is 0.803. The van der Waals surface area contributed by atoms with Crippen molar-refractivity contribution in [2.75, 3.05) is 7.11 Å². The second-order valence-electron chi connectivity index (χ2n) is 7.11. The van der Waals surface area contributed by atoms with Gasteiger partial charge < -0.3 is 4.74 Å². The second kappa shape index (κ2) is 9.47. The van der Waals surface area contributed by atoms with Crippen LogP contribution in [0.2, 0.25) is 0 Å². The molecule has 0 fully saturated rings. The first-order valence-electron chi connectivity index (χ1n) is 9.68. The average molecular weight is 452 g/mol. The topological polar surface area (TPSA) is 77.3 Å². The van der Waals surface area contributed by atoms with Crippen LogP contribution in [0.1, 0.15) is 22.2 Å². The third kappa shape index (κ3) is 5.22. The molecule has 0 radical (unpaired) electrons. The maximum absolute atomic E-state index is 11.1. The average Bonchev–Trinajstić information content (AvgIpc) is 3.20. The van der Waals surface area contributed by atoms with Gasteiger partial charge in [0.25, 0.3) is 5.69 Å². The number of hydrogen-bond donors (Lipinski definition) is 1. The van der Waals surface area contributed by atoms with E-state index in [1.807, 2.05) is 24.3 Å². The molecule has 0 bridgehead atoms. The fraction of sp³-hybridized carbons (Fsp3) is 0.174. The molecule has 4 aromatic rings. The smallest absolute Gasteiger partial charge is 0.270 e. The number of rotatable bonds is 8. The lowest BCUT2D eigenvalue weighted by atomic mass is 10.0. The number of ether oxygens (including phenoxy) is 1. The second-order valence-corrected chi connectivity index (χ2v) is 9.08. The van der Waals surface area contributed by atoms with Crippen LogP contribution in [0.25, 0.3) is 10.2 Å². The summed E-state index contributed by atoms with van der Waals surface area (Å²) in [6.45, 7) is 2.08. The molecule has 31 heavy (non-hydrogen) atoms. The molecule has 1 aromatic heterocycles. The number of benzene rings is 3. The molecule has 3 aromatic carbocycles. The Morgan fingerprint density at radius 2 is 2.00 bits per heavy atom. The maximum Gasteiger partial charge on any atom is 0.270 e. The van der Waals surface area contributed by atoms with Crippen molar-refractivity contribution in [1.29, 1.82) is 0 Å². The Balaban J connectivity index is 1.62. The largest absolute Gasteiger partial charge is 0.497 e. The number of nitrogens with one attached hydrogen (secondary N) is 1. The number of aromatic nitrogens is 1. The number of methoxy groups -OCH3 is 1. The lowest BCUT2D eigenvalue weighted by Crippen LogP contribution is -2.17. The molecule has 1 unspecified atom stereocenters. The molecule has 4 rings (SSSR count). The molecule has 0 spiro atoms. The summed E-state index contributed by atoms with van der Waals surface area (Å²) in [5, 5.41) is 12.1. The highest BCUT2D eigenvalue weighted by Gasteiger charge is 2.18. The van der Waals surface area contributed by atoms with Crippen molar-refractivity contribution in [3.63, 3.8) is 0 Å². The molecule has 0 saturated heterocycles.